The summed E-state index contributed by atoms with van der Waals surface area (Å²) >= 11 is 9.25. The van der Waals surface area contributed by atoms with Crippen molar-refractivity contribution in [1.29, 1.82) is 0 Å². The molecule has 3 fully saturated rings. The zero-order chi connectivity index (χ0) is 51.1. The van der Waals surface area contributed by atoms with Gasteiger partial charge in [0.25, 0.3) is 5.91 Å². The van der Waals surface area contributed by atoms with Crippen LogP contribution in [0.25, 0.3) is 10.4 Å². The number of nitrogens with one attached hydrogen (secondary N) is 4. The molecule has 0 radical (unpaired) electrons. The summed E-state index contributed by atoms with van der Waals surface area (Å²) in [5.41, 5.74) is 5.73. The fourth-order valence-corrected chi connectivity index (χ4v) is 9.89. The number of halogens is 2. The molecule has 0 bridgehead atoms. The van der Waals surface area contributed by atoms with Crippen LogP contribution in [0, 0.1) is 13.8 Å². The number of carbonyl (C=O) groups excluding carboxylic acids is 4. The maximum Gasteiger partial charge on any atom is 0.258 e. The molecular weight excluding hydrogens is 943 g/mol. The lowest BCUT2D eigenvalue weighted by atomic mass is 10.0. The number of amides is 2. The zero-order valence-corrected chi connectivity index (χ0v) is 44.1. The van der Waals surface area contributed by atoms with Gasteiger partial charge in [0.1, 0.15) is 29.2 Å². The smallest absolute Gasteiger partial charge is 0.258 e. The third-order valence-electron chi connectivity index (χ3n) is 11.5. The van der Waals surface area contributed by atoms with Crippen LogP contribution in [-0.2, 0) is 25.7 Å². The lowest BCUT2D eigenvalue weighted by Gasteiger charge is -2.37. The summed E-state index contributed by atoms with van der Waals surface area (Å²) in [6, 6.07) is 14.0. The number of alkyl halides is 1. The first kappa shape index (κ1) is 58.6. The molecule has 4 aromatic rings. The second-order valence-electron chi connectivity index (χ2n) is 17.3. The van der Waals surface area contributed by atoms with Crippen LogP contribution in [0.3, 0.4) is 0 Å². The van der Waals surface area contributed by atoms with Crippen molar-refractivity contribution >= 4 is 77.0 Å². The molecule has 16 nitrogen and oxygen atoms in total. The molecule has 2 amide bonds. The number of hydrogen-bond donors (Lipinski definition) is 5. The minimum atomic E-state index is -1.77. The van der Waals surface area contributed by atoms with Crippen molar-refractivity contribution in [2.75, 3.05) is 85.3 Å². The molecule has 0 spiro atoms. The van der Waals surface area contributed by atoms with Gasteiger partial charge in [0.15, 0.2) is 5.67 Å². The number of thioether (sulfide) groups is 1. The van der Waals surface area contributed by atoms with E-state index >= 15 is 0 Å². The number of hydrogen-bond acceptors (Lipinski definition) is 16. The predicted octanol–water partition coefficient (Wildman–Crippen LogP) is 6.80. The van der Waals surface area contributed by atoms with Crippen LogP contribution in [0.1, 0.15) is 63.3 Å². The Kier molecular flexibility index (Phi) is 25.0. The van der Waals surface area contributed by atoms with Crippen molar-refractivity contribution in [3.05, 3.63) is 76.0 Å². The number of carbonyl (C=O) groups is 4. The number of thiazole rings is 1. The average Bonchev–Trinajstić information content (AvgIpc) is 3.73. The molecule has 380 valence electrons. The number of aliphatic hydroxyl groups excluding tert-OH is 1. The first-order valence-electron chi connectivity index (χ1n) is 22.9. The fraction of sp³-hybridized carbons (Fsp3) is 0.531. The maximum absolute atomic E-state index is 13.8. The van der Waals surface area contributed by atoms with E-state index in [9.17, 15) is 23.6 Å². The van der Waals surface area contributed by atoms with Crippen molar-refractivity contribution in [1.82, 2.24) is 40.3 Å². The highest BCUT2D eigenvalue weighted by Gasteiger charge is 2.52. The topological polar surface area (TPSA) is 194 Å². The highest BCUT2D eigenvalue weighted by Crippen LogP contribution is 2.41. The van der Waals surface area contributed by atoms with E-state index in [1.54, 1.807) is 48.4 Å². The molecule has 20 heteroatoms. The molecule has 69 heavy (non-hydrogen) atoms. The molecule has 2 aromatic heterocycles. The number of aryl methyl sites for hydroxylation is 2. The Bertz CT molecular complexity index is 2190. The summed E-state index contributed by atoms with van der Waals surface area (Å²) in [5.74, 6) is 1.10. The highest BCUT2D eigenvalue weighted by molar-refractivity contribution is 8.01. The quantitative estimate of drug-likeness (QED) is 0.0693. The number of methoxy groups -OCH3 is 1. The normalized spacial score (nSPS) is 17.0. The number of rotatable bonds is 17. The van der Waals surface area contributed by atoms with Gasteiger partial charge in [0, 0.05) is 63.4 Å². The fourth-order valence-electron chi connectivity index (χ4n) is 7.31. The molecule has 7 rings (SSSR count). The van der Waals surface area contributed by atoms with E-state index in [1.165, 1.54) is 22.4 Å². The summed E-state index contributed by atoms with van der Waals surface area (Å²) in [5, 5.41) is 19.4. The molecule has 4 heterocycles. The second-order valence-corrected chi connectivity index (χ2v) is 20.7. The Morgan fingerprint density at radius 2 is 1.74 bits per heavy atom. The first-order valence-corrected chi connectivity index (χ1v) is 25.0. The van der Waals surface area contributed by atoms with E-state index < -0.39 is 22.4 Å². The summed E-state index contributed by atoms with van der Waals surface area (Å²) in [4.78, 5) is 64.4. The van der Waals surface area contributed by atoms with Crippen molar-refractivity contribution in [2.24, 2.45) is 0 Å². The lowest BCUT2D eigenvalue weighted by Crippen LogP contribution is -2.52. The molecule has 1 unspecified atom stereocenters. The second kappa shape index (κ2) is 29.4. The Morgan fingerprint density at radius 1 is 1.06 bits per heavy atom. The number of benzene rings is 2. The number of anilines is 3. The molecular formula is C49H72ClFN10O6S2. The lowest BCUT2D eigenvalue weighted by molar-refractivity contribution is -0.130. The van der Waals surface area contributed by atoms with Gasteiger partial charge in [-0.25, -0.2) is 14.4 Å². The molecule has 5 N–H and O–H groups in total. The van der Waals surface area contributed by atoms with Crippen LogP contribution >= 0.6 is 34.7 Å². The van der Waals surface area contributed by atoms with Crippen LogP contribution in [0.2, 0.25) is 5.02 Å². The summed E-state index contributed by atoms with van der Waals surface area (Å²) in [7, 11) is 8.33. The Hall–Kier alpha value is -4.76. The average molecular weight is 1020 g/mol. The monoisotopic (exact) mass is 1010 g/mol. The van der Waals surface area contributed by atoms with Crippen molar-refractivity contribution in [2.45, 2.75) is 94.6 Å². The first-order chi connectivity index (χ1) is 33.0. The van der Waals surface area contributed by atoms with Crippen LogP contribution in [0.5, 0.6) is 5.75 Å². The number of aliphatic hydroxyl groups is 1. The Balaban J connectivity index is 0.000000254. The third-order valence-corrected chi connectivity index (χ3v) is 14.2. The van der Waals surface area contributed by atoms with E-state index in [-0.39, 0.29) is 24.1 Å². The number of nitrogens with zero attached hydrogens (tertiary/aromatic N) is 6. The van der Waals surface area contributed by atoms with Crippen LogP contribution in [-0.4, -0.2) is 162 Å². The van der Waals surface area contributed by atoms with Gasteiger partial charge < -0.3 is 45.6 Å². The van der Waals surface area contributed by atoms with Gasteiger partial charge in [-0.15, -0.1) is 23.1 Å². The molecule has 2 saturated heterocycles. The van der Waals surface area contributed by atoms with Crippen LogP contribution in [0.15, 0.2) is 54.2 Å². The van der Waals surface area contributed by atoms with Gasteiger partial charge in [0.05, 0.1) is 47.2 Å². The number of aromatic nitrogens is 3. The van der Waals surface area contributed by atoms with Gasteiger partial charge >= 0.3 is 0 Å². The number of aldehydes is 2. The number of likely N-dealkylation sites (tertiary alicyclic amines) is 1. The van der Waals surface area contributed by atoms with Crippen molar-refractivity contribution < 1.29 is 33.4 Å². The van der Waals surface area contributed by atoms with E-state index in [2.05, 4.69) is 77.2 Å². The van der Waals surface area contributed by atoms with E-state index in [0.29, 0.717) is 23.1 Å². The SMILES string of the molecule is CN1CCC[C@H]1C=O.CNCc1ccc(-c2scnc2C)cc1.CNc1nc(Nc2ccc(C)cc2OC)ncc1Cl.CO.C[C@@H](CN1CCN(C=O)CC1)SC(C)(C)C(C=O)NC(=O)C1(F)CC1. The van der Waals surface area contributed by atoms with Gasteiger partial charge in [-0.05, 0) is 103 Å². The van der Waals surface area contributed by atoms with Crippen LogP contribution in [0.4, 0.5) is 21.8 Å². The third kappa shape index (κ3) is 18.8. The minimum Gasteiger partial charge on any atom is -0.495 e. The highest BCUT2D eigenvalue weighted by atomic mass is 35.5. The van der Waals surface area contributed by atoms with Crippen molar-refractivity contribution in [3.8, 4) is 16.2 Å². The molecule has 3 aliphatic rings. The summed E-state index contributed by atoms with van der Waals surface area (Å²) in [6.07, 6.45) is 6.87. The van der Waals surface area contributed by atoms with Gasteiger partial charge in [-0.3, -0.25) is 19.4 Å². The van der Waals surface area contributed by atoms with Gasteiger partial charge in [0.2, 0.25) is 12.4 Å². The molecule has 3 atom stereocenters. The van der Waals surface area contributed by atoms with E-state index in [4.69, 9.17) is 21.4 Å². The standard InChI is InChI=1S/C17H28FN3O3S.C13H15ClN4O.C12H14N2S.C6H11NO.CH4O/c1-13(10-20-6-8-21(12-23)9-7-20)25-16(2,3)14(11-22)19-15(24)17(18)4-5-17;1-8-4-5-10(11(6-8)19-3)17-13-16-7-9(14)12(15-2)18-13;1-9-12(15-8-14-9)11-5-3-10(4-6-11)7-13-2;1-7-4-2-3-6(7)5-8;1-2/h11-14H,4-10H2,1-3H3,(H,19,24);4-7H,1-3H3,(H2,15,16,17,18);3-6,8,13H,7H2,1-2H3;5-6H,2-4H2,1H3;2H,1H3/t13-,14?;;;6-;/m0..0./s1. The molecule has 1 saturated carbocycles. The summed E-state index contributed by atoms with van der Waals surface area (Å²) in [6.45, 7) is 15.9. The number of ether oxygens (including phenoxy) is 1. The van der Waals surface area contributed by atoms with Crippen LogP contribution < -0.4 is 26.0 Å². The van der Waals surface area contributed by atoms with E-state index in [1.807, 2.05) is 65.5 Å². The Labute approximate surface area is 420 Å². The van der Waals surface area contributed by atoms with E-state index in [0.717, 1.165) is 94.7 Å². The van der Waals surface area contributed by atoms with Gasteiger partial charge in [-0.2, -0.15) is 4.98 Å². The minimum absolute atomic E-state index is 0.218. The molecule has 2 aromatic carbocycles. The predicted molar refractivity (Wildman–Crippen MR) is 279 cm³/mol. The zero-order valence-electron chi connectivity index (χ0n) is 41.7. The number of likely N-dealkylation sites (N-methyl/N-ethyl adjacent to an activating group) is 1. The summed E-state index contributed by atoms with van der Waals surface area (Å²) < 4.78 is 18.6. The number of piperazine rings is 1. The maximum atomic E-state index is 13.8. The van der Waals surface area contributed by atoms with Crippen molar-refractivity contribution in [3.63, 3.8) is 0 Å². The van der Waals surface area contributed by atoms with Gasteiger partial charge in [-0.1, -0.05) is 48.9 Å². The molecule has 1 aliphatic carbocycles. The largest absolute Gasteiger partial charge is 0.495 e. The molecule has 2 aliphatic heterocycles. The Morgan fingerprint density at radius 3 is 2.25 bits per heavy atom.